The fourth-order valence-corrected chi connectivity index (χ4v) is 5.70. The van der Waals surface area contributed by atoms with Crippen LogP contribution in [0.4, 0.5) is 0 Å². The Labute approximate surface area is 190 Å². The van der Waals surface area contributed by atoms with Crippen molar-refractivity contribution in [1.29, 1.82) is 0 Å². The third-order valence-corrected chi connectivity index (χ3v) is 7.89. The highest BCUT2D eigenvalue weighted by molar-refractivity contribution is 7.89. The molecule has 2 aliphatic heterocycles. The Kier molecular flexibility index (Phi) is 8.72. The van der Waals surface area contributed by atoms with Gasteiger partial charge in [-0.05, 0) is 63.7 Å². The predicted octanol–water partition coefficient (Wildman–Crippen LogP) is 2.10. The quantitative estimate of drug-likeness (QED) is 0.552. The van der Waals surface area contributed by atoms with Gasteiger partial charge in [0.2, 0.25) is 16.8 Å². The smallest absolute Gasteiger partial charge is 0.374 e. The number of likely N-dealkylation sites (tertiary alicyclic amines) is 1. The molecule has 0 aromatic carbocycles. The second-order valence-corrected chi connectivity index (χ2v) is 10.6. The molecule has 3 rings (SSSR count). The van der Waals surface area contributed by atoms with Crippen LogP contribution in [0.1, 0.15) is 56.5 Å². The van der Waals surface area contributed by atoms with Crippen LogP contribution in [0.15, 0.2) is 21.6 Å². The lowest BCUT2D eigenvalue weighted by molar-refractivity contribution is -0.126. The van der Waals surface area contributed by atoms with Crippen LogP contribution in [0.2, 0.25) is 0 Å². The van der Waals surface area contributed by atoms with Crippen molar-refractivity contribution in [2.45, 2.75) is 51.0 Å². The summed E-state index contributed by atoms with van der Waals surface area (Å²) in [6, 6.07) is 2.57. The molecule has 3 heterocycles. The first-order valence-corrected chi connectivity index (χ1v) is 13.0. The van der Waals surface area contributed by atoms with Crippen molar-refractivity contribution in [3.8, 4) is 0 Å². The number of hydrogen-bond donors (Lipinski definition) is 1. The second kappa shape index (κ2) is 11.3. The van der Waals surface area contributed by atoms with Gasteiger partial charge >= 0.3 is 5.97 Å². The first-order chi connectivity index (χ1) is 15.3. The molecule has 1 unspecified atom stereocenters. The summed E-state index contributed by atoms with van der Waals surface area (Å²) in [5, 5.41) is 2.77. The SMILES string of the molecule is CCOC(=O)c1ccc(S(=O)(=O)N2CCC(C(=O)NCC(C)CN3CCCCC3)CC2)o1. The lowest BCUT2D eigenvalue weighted by Crippen LogP contribution is -2.44. The van der Waals surface area contributed by atoms with Gasteiger partial charge in [0.25, 0.3) is 10.0 Å². The number of sulfonamides is 1. The van der Waals surface area contributed by atoms with Gasteiger partial charge in [-0.15, -0.1) is 0 Å². The topological polar surface area (TPSA) is 109 Å². The Morgan fingerprint density at radius 3 is 2.50 bits per heavy atom. The molecule has 9 nitrogen and oxygen atoms in total. The van der Waals surface area contributed by atoms with E-state index >= 15 is 0 Å². The molecule has 1 N–H and O–H groups in total. The second-order valence-electron chi connectivity index (χ2n) is 8.73. The summed E-state index contributed by atoms with van der Waals surface area (Å²) >= 11 is 0. The molecule has 0 spiro atoms. The zero-order valence-corrected chi connectivity index (χ0v) is 19.9. The van der Waals surface area contributed by atoms with Gasteiger partial charge in [0, 0.05) is 32.1 Å². The number of piperidine rings is 2. The van der Waals surface area contributed by atoms with Crippen molar-refractivity contribution in [2.75, 3.05) is 45.9 Å². The van der Waals surface area contributed by atoms with Crippen LogP contribution in [-0.4, -0.2) is 75.4 Å². The van der Waals surface area contributed by atoms with Crippen LogP contribution in [0.5, 0.6) is 0 Å². The van der Waals surface area contributed by atoms with E-state index in [0.29, 0.717) is 25.3 Å². The Balaban J connectivity index is 1.45. The molecule has 0 radical (unpaired) electrons. The molecular weight excluding hydrogens is 434 g/mol. The van der Waals surface area contributed by atoms with Gasteiger partial charge in [0.1, 0.15) is 0 Å². The fraction of sp³-hybridized carbons (Fsp3) is 0.727. The Morgan fingerprint density at radius 2 is 1.84 bits per heavy atom. The molecule has 1 aromatic rings. The van der Waals surface area contributed by atoms with Crippen LogP contribution < -0.4 is 5.32 Å². The van der Waals surface area contributed by atoms with Gasteiger partial charge in [-0.3, -0.25) is 4.79 Å². The van der Waals surface area contributed by atoms with E-state index in [4.69, 9.17) is 9.15 Å². The van der Waals surface area contributed by atoms with E-state index in [-0.39, 0.29) is 42.4 Å². The van der Waals surface area contributed by atoms with Crippen LogP contribution in [-0.2, 0) is 19.6 Å². The zero-order chi connectivity index (χ0) is 23.1. The van der Waals surface area contributed by atoms with E-state index in [1.165, 1.54) is 35.7 Å². The van der Waals surface area contributed by atoms with Gasteiger partial charge in [-0.25, -0.2) is 13.2 Å². The molecule has 1 aromatic heterocycles. The Hall–Kier alpha value is -1.91. The van der Waals surface area contributed by atoms with Crippen LogP contribution in [0, 0.1) is 11.8 Å². The van der Waals surface area contributed by atoms with Gasteiger partial charge in [0.15, 0.2) is 0 Å². The maximum Gasteiger partial charge on any atom is 0.374 e. The molecule has 10 heteroatoms. The summed E-state index contributed by atoms with van der Waals surface area (Å²) < 4.78 is 37.0. The van der Waals surface area contributed by atoms with Crippen molar-refractivity contribution >= 4 is 21.9 Å². The summed E-state index contributed by atoms with van der Waals surface area (Å²) in [6.45, 7) is 8.37. The van der Waals surface area contributed by atoms with Crippen LogP contribution in [0.3, 0.4) is 0 Å². The van der Waals surface area contributed by atoms with Crippen molar-refractivity contribution < 1.29 is 27.2 Å². The lowest BCUT2D eigenvalue weighted by Gasteiger charge is -2.31. The number of amides is 1. The van der Waals surface area contributed by atoms with Gasteiger partial charge in [-0.2, -0.15) is 4.31 Å². The largest absolute Gasteiger partial charge is 0.460 e. The molecule has 2 fully saturated rings. The number of rotatable bonds is 9. The van der Waals surface area contributed by atoms with E-state index in [0.717, 1.165) is 19.6 Å². The molecule has 1 amide bonds. The summed E-state index contributed by atoms with van der Waals surface area (Å²) in [4.78, 5) is 26.8. The fourth-order valence-electron chi connectivity index (χ4n) is 4.32. The molecule has 32 heavy (non-hydrogen) atoms. The highest BCUT2D eigenvalue weighted by Crippen LogP contribution is 2.25. The van der Waals surface area contributed by atoms with Crippen LogP contribution >= 0.6 is 0 Å². The minimum absolute atomic E-state index is 0.00450. The highest BCUT2D eigenvalue weighted by Gasteiger charge is 2.34. The van der Waals surface area contributed by atoms with Gasteiger partial charge in [-0.1, -0.05) is 13.3 Å². The van der Waals surface area contributed by atoms with E-state index in [9.17, 15) is 18.0 Å². The van der Waals surface area contributed by atoms with Gasteiger partial charge in [0.05, 0.1) is 6.61 Å². The maximum absolute atomic E-state index is 12.8. The van der Waals surface area contributed by atoms with Crippen molar-refractivity contribution in [2.24, 2.45) is 11.8 Å². The van der Waals surface area contributed by atoms with Crippen molar-refractivity contribution in [3.05, 3.63) is 17.9 Å². The molecule has 2 aliphatic rings. The molecule has 1 atom stereocenters. The van der Waals surface area contributed by atoms with Gasteiger partial charge < -0.3 is 19.4 Å². The maximum atomic E-state index is 12.8. The number of carbonyl (C=O) groups excluding carboxylic acids is 2. The molecule has 2 saturated heterocycles. The molecule has 0 saturated carbocycles. The average molecular weight is 470 g/mol. The van der Waals surface area contributed by atoms with Crippen molar-refractivity contribution in [1.82, 2.24) is 14.5 Å². The van der Waals surface area contributed by atoms with E-state index in [1.54, 1.807) is 6.92 Å². The lowest BCUT2D eigenvalue weighted by atomic mass is 9.97. The normalized spacial score (nSPS) is 20.1. The summed E-state index contributed by atoms with van der Waals surface area (Å²) in [7, 11) is -3.86. The number of nitrogens with zero attached hydrogens (tertiary/aromatic N) is 2. The van der Waals surface area contributed by atoms with Crippen LogP contribution in [0.25, 0.3) is 0 Å². The monoisotopic (exact) mass is 469 g/mol. The highest BCUT2D eigenvalue weighted by atomic mass is 32.2. The Bertz CT molecular complexity index is 870. The number of nitrogens with one attached hydrogen (secondary N) is 1. The van der Waals surface area contributed by atoms with E-state index in [1.807, 2.05) is 0 Å². The summed E-state index contributed by atoms with van der Waals surface area (Å²) in [6.07, 6.45) is 4.72. The molecule has 180 valence electrons. The van der Waals surface area contributed by atoms with E-state index in [2.05, 4.69) is 17.1 Å². The third-order valence-electron chi connectivity index (χ3n) is 6.12. The summed E-state index contributed by atoms with van der Waals surface area (Å²) in [5.41, 5.74) is 0. The molecule has 0 bridgehead atoms. The molecular formula is C22H35N3O6S. The zero-order valence-electron chi connectivity index (χ0n) is 19.0. The summed E-state index contributed by atoms with van der Waals surface area (Å²) in [5.74, 6) is -0.660. The number of esters is 1. The van der Waals surface area contributed by atoms with Crippen molar-refractivity contribution in [3.63, 3.8) is 0 Å². The van der Waals surface area contributed by atoms with E-state index < -0.39 is 16.0 Å². The third kappa shape index (κ3) is 6.32. The number of hydrogen-bond acceptors (Lipinski definition) is 7. The minimum atomic E-state index is -3.86. The molecule has 0 aliphatic carbocycles. The first kappa shape index (κ1) is 24.7. The minimum Gasteiger partial charge on any atom is -0.460 e. The number of ether oxygens (including phenoxy) is 1. The average Bonchev–Trinajstić information content (AvgIpc) is 3.30. The predicted molar refractivity (Wildman–Crippen MR) is 119 cm³/mol. The number of carbonyl (C=O) groups is 2. The first-order valence-electron chi connectivity index (χ1n) is 11.6. The number of furan rings is 1. The Morgan fingerprint density at radius 1 is 1.16 bits per heavy atom. The standard InChI is InChI=1S/C22H35N3O6S/c1-3-30-22(27)19-7-8-20(31-19)32(28,29)25-13-9-18(10-14-25)21(26)23-15-17(2)16-24-11-5-4-6-12-24/h7-8,17-18H,3-6,9-16H2,1-2H3,(H,23,26).